The van der Waals surface area contributed by atoms with Crippen molar-refractivity contribution in [2.24, 2.45) is 0 Å². The maximum absolute atomic E-state index is 12.2. The zero-order valence-electron chi connectivity index (χ0n) is 27.6. The third kappa shape index (κ3) is 14.8. The lowest BCUT2D eigenvalue weighted by Crippen LogP contribution is -2.25. The van der Waals surface area contributed by atoms with Gasteiger partial charge < -0.3 is 29.7 Å². The number of amides is 2. The Morgan fingerprint density at radius 2 is 1.48 bits per heavy atom. The molecule has 0 unspecified atom stereocenters. The lowest BCUT2D eigenvalue weighted by atomic mass is 9.99. The number of anilines is 1. The van der Waals surface area contributed by atoms with Crippen LogP contribution in [0.15, 0.2) is 83.3 Å². The minimum Gasteiger partial charge on any atom is -0.379 e. The van der Waals surface area contributed by atoms with E-state index in [0.29, 0.717) is 59.2 Å². The van der Waals surface area contributed by atoms with Crippen LogP contribution in [0.25, 0.3) is 5.57 Å². The van der Waals surface area contributed by atoms with Gasteiger partial charge in [-0.05, 0) is 68.0 Å². The fourth-order valence-corrected chi connectivity index (χ4v) is 5.70. The van der Waals surface area contributed by atoms with Crippen LogP contribution in [0.2, 0.25) is 0 Å². The molecule has 0 spiro atoms. The standard InChI is InChI=1S/C37H51N3O5S/c1-30-13-6-9-16-36(30)46-31(2)29-33-18-22-40(35-15-8-7-14-34(33)35)21-10-4-5-17-37(42)39-20-12-24-44-26-28-45-27-25-43-23-11-19-38-32(3)41/h6-9,13-16,18,22,29H,2,4-5,10-12,17,19-21,23-28H2,1,3H3,(H,38,41)(H,39,42)/b33-29-. The number of carbonyl (C=O) groups is 2. The van der Waals surface area contributed by atoms with Crippen LogP contribution in [0.1, 0.15) is 56.6 Å². The van der Waals surface area contributed by atoms with Crippen LogP contribution in [0.4, 0.5) is 5.69 Å². The number of fused-ring (bicyclic) bond motifs is 1. The predicted molar refractivity (Wildman–Crippen MR) is 189 cm³/mol. The second-order valence-corrected chi connectivity index (χ2v) is 12.3. The van der Waals surface area contributed by atoms with Crippen LogP contribution >= 0.6 is 11.8 Å². The van der Waals surface area contributed by atoms with E-state index in [1.165, 1.54) is 34.2 Å². The Hall–Kier alpha value is -3.37. The minimum absolute atomic E-state index is 0.0226. The molecule has 2 N–H and O–H groups in total. The Labute approximate surface area is 279 Å². The lowest BCUT2D eigenvalue weighted by Gasteiger charge is -2.28. The molecule has 1 aliphatic heterocycles. The molecule has 0 radical (unpaired) electrons. The van der Waals surface area contributed by atoms with Gasteiger partial charge in [-0.25, -0.2) is 0 Å². The van der Waals surface area contributed by atoms with Gasteiger partial charge in [0.1, 0.15) is 0 Å². The van der Waals surface area contributed by atoms with Crippen molar-refractivity contribution >= 4 is 34.8 Å². The molecular weight excluding hydrogens is 598 g/mol. The van der Waals surface area contributed by atoms with Crippen molar-refractivity contribution in [2.45, 2.75) is 57.3 Å². The van der Waals surface area contributed by atoms with Crippen molar-refractivity contribution in [1.82, 2.24) is 10.6 Å². The summed E-state index contributed by atoms with van der Waals surface area (Å²) < 4.78 is 16.5. The van der Waals surface area contributed by atoms with Crippen LogP contribution in [0.3, 0.4) is 0 Å². The van der Waals surface area contributed by atoms with Crippen molar-refractivity contribution < 1.29 is 23.8 Å². The highest BCUT2D eigenvalue weighted by Crippen LogP contribution is 2.36. The summed E-state index contributed by atoms with van der Waals surface area (Å²) >= 11 is 1.70. The smallest absolute Gasteiger partial charge is 0.219 e. The molecule has 0 aromatic heterocycles. The van der Waals surface area contributed by atoms with Crippen LogP contribution in [-0.2, 0) is 23.8 Å². The van der Waals surface area contributed by atoms with Gasteiger partial charge in [0, 0.05) is 73.4 Å². The van der Waals surface area contributed by atoms with Gasteiger partial charge in [0.05, 0.1) is 26.4 Å². The second-order valence-electron chi connectivity index (χ2n) is 11.1. The lowest BCUT2D eigenvalue weighted by molar-refractivity contribution is -0.121. The number of nitrogens with one attached hydrogen (secondary N) is 2. The fourth-order valence-electron chi connectivity index (χ4n) is 4.86. The van der Waals surface area contributed by atoms with Gasteiger partial charge in [-0.1, -0.05) is 61.2 Å². The number of nitrogens with zero attached hydrogens (tertiary/aromatic N) is 1. The highest BCUT2D eigenvalue weighted by molar-refractivity contribution is 8.03. The molecule has 1 aliphatic rings. The minimum atomic E-state index is -0.0226. The summed E-state index contributed by atoms with van der Waals surface area (Å²) in [6.07, 6.45) is 11.5. The molecule has 0 fully saturated rings. The first-order valence-electron chi connectivity index (χ1n) is 16.4. The van der Waals surface area contributed by atoms with Crippen LogP contribution < -0.4 is 15.5 Å². The molecule has 0 bridgehead atoms. The van der Waals surface area contributed by atoms with Gasteiger partial charge in [0.25, 0.3) is 0 Å². The van der Waals surface area contributed by atoms with E-state index in [-0.39, 0.29) is 11.8 Å². The molecule has 250 valence electrons. The van der Waals surface area contributed by atoms with Gasteiger partial charge in [-0.3, -0.25) is 9.59 Å². The Morgan fingerprint density at radius 3 is 2.20 bits per heavy atom. The zero-order chi connectivity index (χ0) is 32.8. The van der Waals surface area contributed by atoms with Crippen molar-refractivity contribution in [3.05, 3.63) is 89.5 Å². The molecule has 8 nitrogen and oxygen atoms in total. The van der Waals surface area contributed by atoms with Crippen molar-refractivity contribution in [2.75, 3.05) is 64.2 Å². The van der Waals surface area contributed by atoms with Crippen molar-refractivity contribution in [3.8, 4) is 0 Å². The van der Waals surface area contributed by atoms with E-state index in [1.54, 1.807) is 11.8 Å². The van der Waals surface area contributed by atoms with Crippen molar-refractivity contribution in [1.29, 1.82) is 0 Å². The highest BCUT2D eigenvalue weighted by atomic mass is 32.2. The molecule has 1 heterocycles. The zero-order valence-corrected chi connectivity index (χ0v) is 28.4. The van der Waals surface area contributed by atoms with Crippen LogP contribution in [0.5, 0.6) is 0 Å². The first-order valence-corrected chi connectivity index (χ1v) is 17.2. The normalized spacial score (nSPS) is 13.1. The van der Waals surface area contributed by atoms with E-state index >= 15 is 0 Å². The topological polar surface area (TPSA) is 89.1 Å². The molecule has 2 aromatic rings. The molecule has 0 atom stereocenters. The van der Waals surface area contributed by atoms with Crippen LogP contribution in [0, 0.1) is 6.92 Å². The van der Waals surface area contributed by atoms with Gasteiger partial charge in [-0.2, -0.15) is 0 Å². The van der Waals surface area contributed by atoms with Crippen molar-refractivity contribution in [3.63, 3.8) is 0 Å². The summed E-state index contributed by atoms with van der Waals surface area (Å²) in [4.78, 5) is 27.6. The summed E-state index contributed by atoms with van der Waals surface area (Å²) in [5.74, 6) is 0.0767. The molecule has 0 aliphatic carbocycles. The predicted octanol–water partition coefficient (Wildman–Crippen LogP) is 6.66. The average molecular weight is 650 g/mol. The maximum Gasteiger partial charge on any atom is 0.219 e. The van der Waals surface area contributed by atoms with E-state index in [1.807, 2.05) is 0 Å². The third-order valence-electron chi connectivity index (χ3n) is 7.28. The first-order chi connectivity index (χ1) is 22.4. The molecule has 2 amide bonds. The number of thioether (sulfide) groups is 1. The number of hydrogen-bond acceptors (Lipinski definition) is 7. The Bertz CT molecular complexity index is 1300. The number of rotatable bonds is 23. The number of aryl methyl sites for hydroxylation is 1. The fraction of sp³-hybridized carbons (Fsp3) is 0.459. The van der Waals surface area contributed by atoms with Gasteiger partial charge in [0.2, 0.25) is 11.8 Å². The van der Waals surface area contributed by atoms with E-state index in [9.17, 15) is 9.59 Å². The number of unbranched alkanes of at least 4 members (excludes halogenated alkanes) is 2. The summed E-state index contributed by atoms with van der Waals surface area (Å²) in [7, 11) is 0. The van der Waals surface area contributed by atoms with E-state index in [0.717, 1.165) is 43.6 Å². The molecule has 46 heavy (non-hydrogen) atoms. The van der Waals surface area contributed by atoms with E-state index < -0.39 is 0 Å². The number of ether oxygens (including phenoxy) is 3. The maximum atomic E-state index is 12.2. The molecule has 9 heteroatoms. The Balaban J connectivity index is 1.20. The van der Waals surface area contributed by atoms with Gasteiger partial charge in [0.15, 0.2) is 0 Å². The second kappa shape index (κ2) is 22.2. The number of hydrogen-bond donors (Lipinski definition) is 2. The summed E-state index contributed by atoms with van der Waals surface area (Å²) in [6.45, 7) is 13.4. The molecule has 2 aromatic carbocycles. The average Bonchev–Trinajstić information content (AvgIpc) is 3.04. The van der Waals surface area contributed by atoms with Gasteiger partial charge >= 0.3 is 0 Å². The molecule has 0 saturated carbocycles. The first kappa shape index (κ1) is 37.1. The number of para-hydroxylation sites is 1. The Morgan fingerprint density at radius 1 is 0.826 bits per heavy atom. The molecule has 3 rings (SSSR count). The SMILES string of the molecule is C=C(/C=C1/C=CN(CCCCCC(=O)NCCCOCCOCCOCCCNC(C)=O)c2ccccc21)Sc1ccccc1C. The quantitative estimate of drug-likeness (QED) is 0.103. The number of carbonyl (C=O) groups excluding carboxylic acids is 2. The molecular formula is C37H51N3O5S. The monoisotopic (exact) mass is 649 g/mol. The summed E-state index contributed by atoms with van der Waals surface area (Å²) in [5, 5.41) is 5.72. The number of allylic oxidation sites excluding steroid dienone is 3. The largest absolute Gasteiger partial charge is 0.379 e. The van der Waals surface area contributed by atoms with Gasteiger partial charge in [-0.15, -0.1) is 0 Å². The third-order valence-corrected chi connectivity index (χ3v) is 8.34. The molecule has 0 saturated heterocycles. The highest BCUT2D eigenvalue weighted by Gasteiger charge is 2.16. The van der Waals surface area contributed by atoms with E-state index in [2.05, 4.69) is 95.9 Å². The summed E-state index contributed by atoms with van der Waals surface area (Å²) in [5.41, 5.74) is 4.84. The summed E-state index contributed by atoms with van der Waals surface area (Å²) in [6, 6.07) is 16.9. The van der Waals surface area contributed by atoms with Crippen LogP contribution in [-0.4, -0.2) is 71.1 Å². The number of benzene rings is 2. The Kier molecular flexibility index (Phi) is 17.9. The van der Waals surface area contributed by atoms with E-state index in [4.69, 9.17) is 14.2 Å².